The van der Waals surface area contributed by atoms with E-state index < -0.39 is 11.6 Å². The highest BCUT2D eigenvalue weighted by molar-refractivity contribution is 7.99. The molecular formula is C25H31Cl3N2O2S. The summed E-state index contributed by atoms with van der Waals surface area (Å²) in [6, 6.07) is 12.4. The van der Waals surface area contributed by atoms with Crippen LogP contribution in [-0.4, -0.2) is 34.0 Å². The van der Waals surface area contributed by atoms with Gasteiger partial charge < -0.3 is 10.2 Å². The molecule has 0 aliphatic rings. The van der Waals surface area contributed by atoms with Gasteiger partial charge in [0.05, 0.1) is 10.0 Å². The van der Waals surface area contributed by atoms with Crippen molar-refractivity contribution in [3.05, 3.63) is 63.1 Å². The van der Waals surface area contributed by atoms with Gasteiger partial charge in [0.1, 0.15) is 6.04 Å². The molecule has 1 N–H and O–H groups in total. The number of thioether (sulfide) groups is 1. The number of benzene rings is 2. The Hall–Kier alpha value is -1.40. The van der Waals surface area contributed by atoms with Crippen LogP contribution < -0.4 is 5.32 Å². The zero-order chi connectivity index (χ0) is 24.6. The molecule has 4 nitrogen and oxygen atoms in total. The molecule has 0 spiro atoms. The summed E-state index contributed by atoms with van der Waals surface area (Å²) in [6.07, 6.45) is 1.55. The number of halogens is 3. The first-order valence-electron chi connectivity index (χ1n) is 10.9. The highest BCUT2D eigenvalue weighted by atomic mass is 35.5. The molecule has 0 radical (unpaired) electrons. The number of carbonyl (C=O) groups is 2. The van der Waals surface area contributed by atoms with Crippen LogP contribution in [0.25, 0.3) is 0 Å². The van der Waals surface area contributed by atoms with Crippen LogP contribution in [-0.2, 0) is 16.1 Å². The second-order valence-electron chi connectivity index (χ2n) is 8.84. The molecule has 0 saturated heterocycles. The van der Waals surface area contributed by atoms with Crippen LogP contribution in [0.1, 0.15) is 52.5 Å². The Balaban J connectivity index is 2.11. The first-order valence-corrected chi connectivity index (χ1v) is 13.1. The van der Waals surface area contributed by atoms with Gasteiger partial charge in [-0.3, -0.25) is 9.59 Å². The van der Waals surface area contributed by atoms with Crippen LogP contribution >= 0.6 is 46.6 Å². The van der Waals surface area contributed by atoms with E-state index in [1.807, 2.05) is 58.0 Å². The average molecular weight is 530 g/mol. The molecule has 0 aliphatic heterocycles. The first-order chi connectivity index (χ1) is 15.5. The third-order valence-electron chi connectivity index (χ3n) is 4.84. The van der Waals surface area contributed by atoms with Crippen molar-refractivity contribution in [1.82, 2.24) is 10.2 Å². The number of rotatable bonds is 10. The zero-order valence-corrected chi connectivity index (χ0v) is 22.5. The van der Waals surface area contributed by atoms with Gasteiger partial charge in [0, 0.05) is 28.4 Å². The van der Waals surface area contributed by atoms with E-state index in [1.165, 1.54) is 0 Å². The zero-order valence-electron chi connectivity index (χ0n) is 19.5. The van der Waals surface area contributed by atoms with Gasteiger partial charge >= 0.3 is 0 Å². The Morgan fingerprint density at radius 2 is 1.70 bits per heavy atom. The van der Waals surface area contributed by atoms with Gasteiger partial charge in [0.15, 0.2) is 0 Å². The van der Waals surface area contributed by atoms with Gasteiger partial charge in [-0.15, -0.1) is 11.8 Å². The van der Waals surface area contributed by atoms with Crippen molar-refractivity contribution in [1.29, 1.82) is 0 Å². The molecule has 2 aromatic rings. The number of nitrogens with zero attached hydrogens (tertiary/aromatic N) is 1. The van der Waals surface area contributed by atoms with Gasteiger partial charge in [0.25, 0.3) is 0 Å². The fraction of sp³-hybridized carbons (Fsp3) is 0.440. The summed E-state index contributed by atoms with van der Waals surface area (Å²) in [5, 5.41) is 4.59. The molecule has 8 heteroatoms. The third-order valence-corrected chi connectivity index (χ3v) is 6.93. The van der Waals surface area contributed by atoms with Crippen molar-refractivity contribution in [2.24, 2.45) is 0 Å². The normalized spacial score (nSPS) is 12.3. The molecule has 0 aromatic heterocycles. The lowest BCUT2D eigenvalue weighted by Crippen LogP contribution is -2.53. The van der Waals surface area contributed by atoms with Crippen molar-refractivity contribution >= 4 is 58.4 Å². The number of hydrogen-bond acceptors (Lipinski definition) is 3. The monoisotopic (exact) mass is 528 g/mol. The van der Waals surface area contributed by atoms with Gasteiger partial charge in [-0.1, -0.05) is 47.8 Å². The van der Waals surface area contributed by atoms with Crippen LogP contribution in [0.15, 0.2) is 47.4 Å². The SMILES string of the molecule is CC[C@H](C(=O)NC(C)(C)C)N(Cc1ccc(Cl)c(Cl)c1)C(=O)CCCSc1ccc(Cl)cc1. The lowest BCUT2D eigenvalue weighted by molar-refractivity contribution is -0.142. The molecule has 2 amide bonds. The van der Waals surface area contributed by atoms with Crippen LogP contribution in [0.5, 0.6) is 0 Å². The second-order valence-corrected chi connectivity index (χ2v) is 11.3. The molecule has 2 rings (SSSR count). The summed E-state index contributed by atoms with van der Waals surface area (Å²) in [6.45, 7) is 7.98. The Morgan fingerprint density at radius 3 is 2.27 bits per heavy atom. The van der Waals surface area contributed by atoms with E-state index in [0.29, 0.717) is 34.3 Å². The molecule has 2 aromatic carbocycles. The summed E-state index contributed by atoms with van der Waals surface area (Å²) in [4.78, 5) is 29.1. The molecule has 0 heterocycles. The predicted octanol–water partition coefficient (Wildman–Crippen LogP) is 7.24. The molecule has 180 valence electrons. The van der Waals surface area contributed by atoms with E-state index in [9.17, 15) is 9.59 Å². The molecular weight excluding hydrogens is 499 g/mol. The highest BCUT2D eigenvalue weighted by Gasteiger charge is 2.30. The molecule has 0 aliphatic carbocycles. The lowest BCUT2D eigenvalue weighted by atomic mass is 10.0. The number of nitrogens with one attached hydrogen (secondary N) is 1. The Kier molecular flexibility index (Phi) is 10.9. The van der Waals surface area contributed by atoms with Gasteiger partial charge in [-0.2, -0.15) is 0 Å². The molecule has 0 fully saturated rings. The van der Waals surface area contributed by atoms with Crippen LogP contribution in [0.2, 0.25) is 15.1 Å². The molecule has 0 saturated carbocycles. The third kappa shape index (κ3) is 9.40. The minimum atomic E-state index is -0.574. The first kappa shape index (κ1) is 27.8. The van der Waals surface area contributed by atoms with E-state index in [4.69, 9.17) is 34.8 Å². The quantitative estimate of drug-likeness (QED) is 0.261. The van der Waals surface area contributed by atoms with Gasteiger partial charge in [-0.25, -0.2) is 0 Å². The maximum absolute atomic E-state index is 13.3. The molecule has 1 atom stereocenters. The standard InChI is InChI=1S/C25H31Cl3N2O2S/c1-5-22(24(32)29-25(2,3)4)30(16-17-8-13-20(27)21(28)15-17)23(31)7-6-14-33-19-11-9-18(26)10-12-19/h8-13,15,22H,5-7,14,16H2,1-4H3,(H,29,32)/t22-/m1/s1. The Bertz CT molecular complexity index is 946. The van der Waals surface area contributed by atoms with E-state index in [2.05, 4.69) is 5.32 Å². The van der Waals surface area contributed by atoms with Crippen molar-refractivity contribution in [3.8, 4) is 0 Å². The van der Waals surface area contributed by atoms with Crippen molar-refractivity contribution in [2.45, 2.75) is 70.0 Å². The van der Waals surface area contributed by atoms with Crippen molar-refractivity contribution in [2.75, 3.05) is 5.75 Å². The van der Waals surface area contributed by atoms with Crippen LogP contribution in [0, 0.1) is 0 Å². The summed E-state index contributed by atoms with van der Waals surface area (Å²) in [7, 11) is 0. The largest absolute Gasteiger partial charge is 0.350 e. The fourth-order valence-corrected chi connectivity index (χ4v) is 4.59. The summed E-state index contributed by atoms with van der Waals surface area (Å²) in [5.41, 5.74) is 0.438. The topological polar surface area (TPSA) is 49.4 Å². The Labute approximate surface area is 216 Å². The van der Waals surface area contributed by atoms with E-state index in [1.54, 1.807) is 28.8 Å². The van der Waals surface area contributed by atoms with Gasteiger partial charge in [0.2, 0.25) is 11.8 Å². The van der Waals surface area contributed by atoms with Crippen LogP contribution in [0.3, 0.4) is 0 Å². The number of hydrogen-bond donors (Lipinski definition) is 1. The maximum Gasteiger partial charge on any atom is 0.243 e. The minimum absolute atomic E-state index is 0.0614. The van der Waals surface area contributed by atoms with Crippen molar-refractivity contribution < 1.29 is 9.59 Å². The average Bonchev–Trinajstić information content (AvgIpc) is 2.73. The minimum Gasteiger partial charge on any atom is -0.350 e. The van der Waals surface area contributed by atoms with Gasteiger partial charge in [-0.05, 0) is 81.3 Å². The fourth-order valence-electron chi connectivity index (χ4n) is 3.29. The van der Waals surface area contributed by atoms with Crippen molar-refractivity contribution in [3.63, 3.8) is 0 Å². The molecule has 0 unspecified atom stereocenters. The van der Waals surface area contributed by atoms with E-state index in [0.717, 1.165) is 16.2 Å². The smallest absolute Gasteiger partial charge is 0.243 e. The number of carbonyl (C=O) groups excluding carboxylic acids is 2. The van der Waals surface area contributed by atoms with Crippen LogP contribution in [0.4, 0.5) is 0 Å². The maximum atomic E-state index is 13.3. The number of amides is 2. The van der Waals surface area contributed by atoms with E-state index >= 15 is 0 Å². The predicted molar refractivity (Wildman–Crippen MR) is 140 cm³/mol. The second kappa shape index (κ2) is 12.9. The molecule has 33 heavy (non-hydrogen) atoms. The van der Waals surface area contributed by atoms with E-state index in [-0.39, 0.29) is 18.4 Å². The summed E-state index contributed by atoms with van der Waals surface area (Å²) < 4.78 is 0. The highest BCUT2D eigenvalue weighted by Crippen LogP contribution is 2.25. The molecule has 0 bridgehead atoms. The lowest BCUT2D eigenvalue weighted by Gasteiger charge is -2.33. The summed E-state index contributed by atoms with van der Waals surface area (Å²) >= 11 is 19.8. The summed E-state index contributed by atoms with van der Waals surface area (Å²) in [5.74, 6) is 0.571. The Morgan fingerprint density at radius 1 is 1.03 bits per heavy atom.